The minimum atomic E-state index is -0.00578. The van der Waals surface area contributed by atoms with Crippen LogP contribution in [0.5, 0.6) is 0 Å². The van der Waals surface area contributed by atoms with Gasteiger partial charge in [-0.15, -0.1) is 0 Å². The summed E-state index contributed by atoms with van der Waals surface area (Å²) in [6.45, 7) is 0. The Morgan fingerprint density at radius 2 is 1.91 bits per heavy atom. The fourth-order valence-electron chi connectivity index (χ4n) is 3.04. The fourth-order valence-corrected chi connectivity index (χ4v) is 3.04. The first-order valence-corrected chi connectivity index (χ1v) is 7.63. The van der Waals surface area contributed by atoms with Gasteiger partial charge in [0, 0.05) is 17.8 Å². The van der Waals surface area contributed by atoms with Gasteiger partial charge in [0.05, 0.1) is 16.6 Å². The number of fused-ring (bicyclic) bond motifs is 2. The molecule has 1 aliphatic carbocycles. The average Bonchev–Trinajstić information content (AvgIpc) is 3.31. The van der Waals surface area contributed by atoms with Crippen LogP contribution in [0.2, 0.25) is 0 Å². The van der Waals surface area contributed by atoms with E-state index in [0.29, 0.717) is 22.7 Å². The van der Waals surface area contributed by atoms with E-state index in [1.54, 1.807) is 4.52 Å². The van der Waals surface area contributed by atoms with Gasteiger partial charge in [-0.3, -0.25) is 4.79 Å². The molecule has 3 aromatic heterocycles. The highest BCUT2D eigenvalue weighted by Gasteiger charge is 2.26. The number of rotatable bonds is 2. The SMILES string of the molecule is O=c1c2c(-c3ccccc3)n3ncnc3nc2ccn1C1CC1. The Morgan fingerprint density at radius 1 is 1.09 bits per heavy atom. The monoisotopic (exact) mass is 303 g/mol. The first kappa shape index (κ1) is 12.5. The molecule has 0 aliphatic heterocycles. The fraction of sp³-hybridized carbons (Fsp3) is 0.176. The molecule has 3 heterocycles. The maximum absolute atomic E-state index is 13.0. The van der Waals surface area contributed by atoms with Gasteiger partial charge in [-0.1, -0.05) is 30.3 Å². The molecule has 1 aromatic carbocycles. The molecule has 5 rings (SSSR count). The molecule has 0 saturated heterocycles. The summed E-state index contributed by atoms with van der Waals surface area (Å²) in [5, 5.41) is 4.87. The van der Waals surface area contributed by atoms with Gasteiger partial charge in [-0.05, 0) is 18.9 Å². The van der Waals surface area contributed by atoms with E-state index in [4.69, 9.17) is 0 Å². The third-order valence-electron chi connectivity index (χ3n) is 4.28. The van der Waals surface area contributed by atoms with Crippen molar-refractivity contribution in [3.63, 3.8) is 0 Å². The molecule has 1 aliphatic rings. The standard InChI is InChI=1S/C17H13N5O/c23-16-14-13(8-9-21(16)12-6-7-12)20-17-18-10-19-22(17)15(14)11-4-2-1-3-5-11/h1-5,8-10,12H,6-7H2. The van der Waals surface area contributed by atoms with Crippen LogP contribution < -0.4 is 5.56 Å². The van der Waals surface area contributed by atoms with Crippen molar-refractivity contribution in [3.8, 4) is 11.3 Å². The van der Waals surface area contributed by atoms with Crippen molar-refractivity contribution in [1.29, 1.82) is 0 Å². The van der Waals surface area contributed by atoms with Crippen LogP contribution in [0.1, 0.15) is 18.9 Å². The Labute approximate surface area is 131 Å². The molecule has 6 nitrogen and oxygen atoms in total. The highest BCUT2D eigenvalue weighted by Crippen LogP contribution is 2.34. The molecule has 0 spiro atoms. The summed E-state index contributed by atoms with van der Waals surface area (Å²) in [5.41, 5.74) is 2.34. The number of hydrogen-bond donors (Lipinski definition) is 0. The molecule has 6 heteroatoms. The topological polar surface area (TPSA) is 65.1 Å². The van der Waals surface area contributed by atoms with E-state index in [1.807, 2.05) is 47.2 Å². The van der Waals surface area contributed by atoms with Gasteiger partial charge in [0.1, 0.15) is 6.33 Å². The van der Waals surface area contributed by atoms with E-state index in [2.05, 4.69) is 15.1 Å². The van der Waals surface area contributed by atoms with Crippen LogP contribution in [0.25, 0.3) is 27.9 Å². The third-order valence-corrected chi connectivity index (χ3v) is 4.28. The van der Waals surface area contributed by atoms with Crippen molar-refractivity contribution in [2.75, 3.05) is 0 Å². The van der Waals surface area contributed by atoms with Gasteiger partial charge in [0.15, 0.2) is 0 Å². The predicted molar refractivity (Wildman–Crippen MR) is 86.3 cm³/mol. The Morgan fingerprint density at radius 3 is 2.70 bits per heavy atom. The van der Waals surface area contributed by atoms with Crippen molar-refractivity contribution in [2.45, 2.75) is 18.9 Å². The molecule has 4 aromatic rings. The number of pyridine rings is 1. The summed E-state index contributed by atoms with van der Waals surface area (Å²) < 4.78 is 3.47. The minimum Gasteiger partial charge on any atom is -0.312 e. The normalized spacial score (nSPS) is 14.6. The minimum absolute atomic E-state index is 0.00578. The van der Waals surface area contributed by atoms with Crippen LogP contribution in [-0.2, 0) is 0 Å². The molecule has 0 atom stereocenters. The molecule has 0 unspecified atom stereocenters. The summed E-state index contributed by atoms with van der Waals surface area (Å²) >= 11 is 0. The molecule has 1 saturated carbocycles. The van der Waals surface area contributed by atoms with Crippen LogP contribution in [0.3, 0.4) is 0 Å². The molecule has 1 fully saturated rings. The molecule has 0 N–H and O–H groups in total. The number of benzene rings is 1. The summed E-state index contributed by atoms with van der Waals surface area (Å²) in [7, 11) is 0. The van der Waals surface area contributed by atoms with Crippen molar-refractivity contribution in [3.05, 3.63) is 59.3 Å². The second-order valence-corrected chi connectivity index (χ2v) is 5.82. The summed E-state index contributed by atoms with van der Waals surface area (Å²) in [4.78, 5) is 21.7. The zero-order valence-electron chi connectivity index (χ0n) is 12.3. The van der Waals surface area contributed by atoms with Gasteiger partial charge in [-0.2, -0.15) is 14.6 Å². The van der Waals surface area contributed by atoms with Gasteiger partial charge in [0.2, 0.25) is 0 Å². The van der Waals surface area contributed by atoms with E-state index in [9.17, 15) is 4.79 Å². The van der Waals surface area contributed by atoms with E-state index < -0.39 is 0 Å². The number of hydrogen-bond acceptors (Lipinski definition) is 4. The molecular formula is C17H13N5O. The lowest BCUT2D eigenvalue weighted by Crippen LogP contribution is -2.20. The molecule has 23 heavy (non-hydrogen) atoms. The van der Waals surface area contributed by atoms with Crippen molar-refractivity contribution >= 4 is 16.7 Å². The van der Waals surface area contributed by atoms with Crippen LogP contribution >= 0.6 is 0 Å². The van der Waals surface area contributed by atoms with E-state index >= 15 is 0 Å². The van der Waals surface area contributed by atoms with E-state index in [-0.39, 0.29) is 5.56 Å². The Kier molecular flexibility index (Phi) is 2.44. The van der Waals surface area contributed by atoms with Crippen LogP contribution in [0.15, 0.2) is 53.7 Å². The summed E-state index contributed by atoms with van der Waals surface area (Å²) in [5.74, 6) is 0.500. The van der Waals surface area contributed by atoms with Crippen molar-refractivity contribution < 1.29 is 0 Å². The zero-order chi connectivity index (χ0) is 15.4. The zero-order valence-corrected chi connectivity index (χ0v) is 12.3. The highest BCUT2D eigenvalue weighted by atomic mass is 16.1. The second kappa shape index (κ2) is 4.49. The van der Waals surface area contributed by atoms with Crippen LogP contribution in [-0.4, -0.2) is 24.1 Å². The van der Waals surface area contributed by atoms with Gasteiger partial charge < -0.3 is 4.57 Å². The summed E-state index contributed by atoms with van der Waals surface area (Å²) in [6, 6.07) is 12.0. The quantitative estimate of drug-likeness (QED) is 0.570. The maximum Gasteiger partial charge on any atom is 0.262 e. The average molecular weight is 303 g/mol. The molecule has 112 valence electrons. The van der Waals surface area contributed by atoms with E-state index in [1.165, 1.54) is 6.33 Å². The number of aromatic nitrogens is 5. The molecule has 0 amide bonds. The van der Waals surface area contributed by atoms with Gasteiger partial charge >= 0.3 is 0 Å². The lowest BCUT2D eigenvalue weighted by Gasteiger charge is -2.10. The molecule has 0 radical (unpaired) electrons. The summed E-state index contributed by atoms with van der Waals surface area (Å²) in [6.07, 6.45) is 5.43. The Balaban J connectivity index is 1.99. The molecule has 0 bridgehead atoms. The second-order valence-electron chi connectivity index (χ2n) is 5.82. The first-order chi connectivity index (χ1) is 11.3. The highest BCUT2D eigenvalue weighted by molar-refractivity contribution is 5.93. The van der Waals surface area contributed by atoms with Gasteiger partial charge in [-0.25, -0.2) is 4.98 Å². The Bertz CT molecular complexity index is 1090. The number of nitrogens with zero attached hydrogens (tertiary/aromatic N) is 5. The van der Waals surface area contributed by atoms with E-state index in [0.717, 1.165) is 24.1 Å². The largest absolute Gasteiger partial charge is 0.312 e. The smallest absolute Gasteiger partial charge is 0.262 e. The van der Waals surface area contributed by atoms with Crippen molar-refractivity contribution in [1.82, 2.24) is 24.1 Å². The van der Waals surface area contributed by atoms with Crippen molar-refractivity contribution in [2.24, 2.45) is 0 Å². The van der Waals surface area contributed by atoms with Crippen LogP contribution in [0.4, 0.5) is 0 Å². The maximum atomic E-state index is 13.0. The lowest BCUT2D eigenvalue weighted by molar-refractivity contribution is 0.713. The van der Waals surface area contributed by atoms with Crippen LogP contribution in [0, 0.1) is 0 Å². The first-order valence-electron chi connectivity index (χ1n) is 7.63. The lowest BCUT2D eigenvalue weighted by atomic mass is 10.1. The predicted octanol–water partition coefficient (Wildman–Crippen LogP) is 2.44. The Hall–Kier alpha value is -3.02. The third kappa shape index (κ3) is 1.81. The van der Waals surface area contributed by atoms with Gasteiger partial charge in [0.25, 0.3) is 11.3 Å². The molecular weight excluding hydrogens is 290 g/mol.